The van der Waals surface area contributed by atoms with Crippen LogP contribution in [0.5, 0.6) is 0 Å². The van der Waals surface area contributed by atoms with E-state index in [1.54, 1.807) is 0 Å². The van der Waals surface area contributed by atoms with Crippen molar-refractivity contribution in [2.75, 3.05) is 39.3 Å². The molecule has 2 heterocycles. The molecule has 2 aromatic rings. The van der Waals surface area contributed by atoms with Crippen LogP contribution in [0.4, 0.5) is 0 Å². The molecule has 2 N–H and O–H groups in total. The molecular weight excluding hydrogens is 278 g/mol. The summed E-state index contributed by atoms with van der Waals surface area (Å²) < 4.78 is 0. The summed E-state index contributed by atoms with van der Waals surface area (Å²) in [4.78, 5) is 19.7. The van der Waals surface area contributed by atoms with Crippen molar-refractivity contribution in [1.82, 2.24) is 14.8 Å². The minimum absolute atomic E-state index is 0.189. The number of amides is 1. The Hall–Kier alpha value is -1.85. The molecule has 1 aromatic heterocycles. The average Bonchev–Trinajstić information content (AvgIpc) is 2.97. The summed E-state index contributed by atoms with van der Waals surface area (Å²) in [7, 11) is 0. The second-order valence-electron chi connectivity index (χ2n) is 5.81. The molecule has 1 aliphatic rings. The minimum Gasteiger partial charge on any atom is -0.395 e. The van der Waals surface area contributed by atoms with E-state index in [1.165, 1.54) is 10.9 Å². The van der Waals surface area contributed by atoms with Gasteiger partial charge in [-0.15, -0.1) is 0 Å². The van der Waals surface area contributed by atoms with Gasteiger partial charge in [0.1, 0.15) is 0 Å². The van der Waals surface area contributed by atoms with E-state index in [9.17, 15) is 4.79 Å². The number of aliphatic hydroxyl groups is 1. The van der Waals surface area contributed by atoms with Crippen LogP contribution in [0, 0.1) is 0 Å². The predicted octanol–water partition coefficient (Wildman–Crippen LogP) is 1.24. The molecule has 0 saturated carbocycles. The van der Waals surface area contributed by atoms with E-state index < -0.39 is 0 Å². The maximum atomic E-state index is 12.3. The van der Waals surface area contributed by atoms with Crippen LogP contribution in [-0.2, 0) is 11.2 Å². The van der Waals surface area contributed by atoms with Crippen LogP contribution in [0.3, 0.4) is 0 Å². The number of aliphatic hydroxyl groups excluding tert-OH is 1. The van der Waals surface area contributed by atoms with Crippen molar-refractivity contribution in [3.63, 3.8) is 0 Å². The second kappa shape index (κ2) is 6.94. The van der Waals surface area contributed by atoms with Crippen LogP contribution in [0.2, 0.25) is 0 Å². The first-order valence-corrected chi connectivity index (χ1v) is 7.94. The van der Waals surface area contributed by atoms with Crippen molar-refractivity contribution in [3.8, 4) is 0 Å². The van der Waals surface area contributed by atoms with Gasteiger partial charge in [0, 0.05) is 56.2 Å². The fourth-order valence-electron chi connectivity index (χ4n) is 3.10. The fraction of sp³-hybridized carbons (Fsp3) is 0.471. The highest BCUT2D eigenvalue weighted by atomic mass is 16.3. The normalized spacial score (nSPS) is 16.3. The number of H-pyrrole nitrogens is 1. The second-order valence-corrected chi connectivity index (χ2v) is 5.81. The van der Waals surface area contributed by atoms with E-state index in [4.69, 9.17) is 5.11 Å². The summed E-state index contributed by atoms with van der Waals surface area (Å²) in [6.07, 6.45) is 3.35. The largest absolute Gasteiger partial charge is 0.395 e. The molecule has 0 bridgehead atoms. The summed E-state index contributed by atoms with van der Waals surface area (Å²) in [5, 5.41) is 10.2. The number of hydrogen-bond acceptors (Lipinski definition) is 3. The van der Waals surface area contributed by atoms with Gasteiger partial charge in [-0.1, -0.05) is 18.2 Å². The lowest BCUT2D eigenvalue weighted by molar-refractivity contribution is -0.132. The molecule has 5 heteroatoms. The minimum atomic E-state index is 0.189. The van der Waals surface area contributed by atoms with Crippen molar-refractivity contribution in [3.05, 3.63) is 36.0 Å². The number of piperazine rings is 1. The molecule has 118 valence electrons. The van der Waals surface area contributed by atoms with E-state index in [2.05, 4.69) is 22.0 Å². The summed E-state index contributed by atoms with van der Waals surface area (Å²) >= 11 is 0. The van der Waals surface area contributed by atoms with Crippen LogP contribution in [-0.4, -0.2) is 65.1 Å². The number of carbonyl (C=O) groups is 1. The number of β-amino-alcohol motifs (C(OH)–C–C–N with tert-alkyl or cyclic N) is 1. The average molecular weight is 301 g/mol. The Morgan fingerprint density at radius 1 is 1.18 bits per heavy atom. The molecule has 1 fully saturated rings. The van der Waals surface area contributed by atoms with E-state index >= 15 is 0 Å². The van der Waals surface area contributed by atoms with Crippen molar-refractivity contribution in [1.29, 1.82) is 0 Å². The van der Waals surface area contributed by atoms with Gasteiger partial charge in [-0.2, -0.15) is 0 Å². The molecule has 0 spiro atoms. The Morgan fingerprint density at radius 2 is 1.95 bits per heavy atom. The van der Waals surface area contributed by atoms with E-state index in [-0.39, 0.29) is 12.5 Å². The number of aryl methyl sites for hydroxylation is 1. The van der Waals surface area contributed by atoms with Crippen LogP contribution in [0.1, 0.15) is 12.0 Å². The van der Waals surface area contributed by atoms with Crippen molar-refractivity contribution >= 4 is 16.8 Å². The molecule has 0 unspecified atom stereocenters. The number of carbonyl (C=O) groups excluding carboxylic acids is 1. The van der Waals surface area contributed by atoms with Crippen LogP contribution < -0.4 is 0 Å². The highest BCUT2D eigenvalue weighted by Crippen LogP contribution is 2.19. The van der Waals surface area contributed by atoms with Gasteiger partial charge in [-0.05, 0) is 18.1 Å². The highest BCUT2D eigenvalue weighted by molar-refractivity contribution is 5.84. The number of para-hydroxylation sites is 1. The molecule has 1 aromatic carbocycles. The number of nitrogens with one attached hydrogen (secondary N) is 1. The van der Waals surface area contributed by atoms with E-state index in [0.717, 1.165) is 38.1 Å². The van der Waals surface area contributed by atoms with Gasteiger partial charge in [-0.25, -0.2) is 0 Å². The first-order valence-electron chi connectivity index (χ1n) is 7.94. The molecule has 1 saturated heterocycles. The molecule has 0 atom stereocenters. The molecule has 1 aliphatic heterocycles. The Morgan fingerprint density at radius 3 is 2.73 bits per heavy atom. The first kappa shape index (κ1) is 15.1. The predicted molar refractivity (Wildman–Crippen MR) is 86.7 cm³/mol. The van der Waals surface area contributed by atoms with Gasteiger partial charge in [0.15, 0.2) is 0 Å². The number of nitrogens with zero attached hydrogens (tertiary/aromatic N) is 2. The topological polar surface area (TPSA) is 59.6 Å². The number of aromatic nitrogens is 1. The van der Waals surface area contributed by atoms with Gasteiger partial charge in [0.25, 0.3) is 0 Å². The summed E-state index contributed by atoms with van der Waals surface area (Å²) in [6, 6.07) is 8.20. The lowest BCUT2D eigenvalue weighted by Crippen LogP contribution is -2.49. The third kappa shape index (κ3) is 3.31. The van der Waals surface area contributed by atoms with Gasteiger partial charge >= 0.3 is 0 Å². The molecule has 0 radical (unpaired) electrons. The fourth-order valence-corrected chi connectivity index (χ4v) is 3.10. The Bertz CT molecular complexity index is 630. The number of hydrogen-bond donors (Lipinski definition) is 2. The van der Waals surface area contributed by atoms with Crippen LogP contribution >= 0.6 is 0 Å². The van der Waals surface area contributed by atoms with Gasteiger partial charge < -0.3 is 15.0 Å². The quantitative estimate of drug-likeness (QED) is 0.873. The SMILES string of the molecule is O=C(CCc1c[nH]c2ccccc12)N1CCN(CCO)CC1. The summed E-state index contributed by atoms with van der Waals surface area (Å²) in [5.74, 6) is 0.230. The van der Waals surface area contributed by atoms with Crippen LogP contribution in [0.25, 0.3) is 10.9 Å². The van der Waals surface area contributed by atoms with Crippen molar-refractivity contribution in [2.24, 2.45) is 0 Å². The maximum Gasteiger partial charge on any atom is 0.222 e. The molecule has 22 heavy (non-hydrogen) atoms. The number of aromatic amines is 1. The van der Waals surface area contributed by atoms with Gasteiger partial charge in [-0.3, -0.25) is 9.69 Å². The van der Waals surface area contributed by atoms with E-state index in [1.807, 2.05) is 23.2 Å². The molecule has 0 aliphatic carbocycles. The third-order valence-electron chi connectivity index (χ3n) is 4.42. The summed E-state index contributed by atoms with van der Waals surface area (Å²) in [6.45, 7) is 4.16. The standard InChI is InChI=1S/C17H23N3O2/c21-12-11-19-7-9-20(10-8-19)17(22)6-5-14-13-18-16-4-2-1-3-15(14)16/h1-4,13,18,21H,5-12H2. The van der Waals surface area contributed by atoms with Gasteiger partial charge in [0.2, 0.25) is 5.91 Å². The zero-order valence-electron chi connectivity index (χ0n) is 12.8. The molecule has 5 nitrogen and oxygen atoms in total. The lowest BCUT2D eigenvalue weighted by atomic mass is 10.1. The van der Waals surface area contributed by atoms with Crippen molar-refractivity contribution < 1.29 is 9.90 Å². The number of rotatable bonds is 5. The molecular formula is C17H23N3O2. The molecule has 3 rings (SSSR count). The third-order valence-corrected chi connectivity index (χ3v) is 4.42. The van der Waals surface area contributed by atoms with Crippen LogP contribution in [0.15, 0.2) is 30.5 Å². The Balaban J connectivity index is 1.52. The Kier molecular flexibility index (Phi) is 4.75. The number of fused-ring (bicyclic) bond motifs is 1. The zero-order valence-corrected chi connectivity index (χ0v) is 12.8. The monoisotopic (exact) mass is 301 g/mol. The van der Waals surface area contributed by atoms with Crippen molar-refractivity contribution in [2.45, 2.75) is 12.8 Å². The van der Waals surface area contributed by atoms with E-state index in [0.29, 0.717) is 13.0 Å². The Labute approximate surface area is 130 Å². The smallest absolute Gasteiger partial charge is 0.222 e. The lowest BCUT2D eigenvalue weighted by Gasteiger charge is -2.34. The zero-order chi connectivity index (χ0) is 15.4. The summed E-state index contributed by atoms with van der Waals surface area (Å²) in [5.41, 5.74) is 2.34. The first-order chi connectivity index (χ1) is 10.8. The molecule has 1 amide bonds. The maximum absolute atomic E-state index is 12.3. The highest BCUT2D eigenvalue weighted by Gasteiger charge is 2.20. The van der Waals surface area contributed by atoms with Gasteiger partial charge in [0.05, 0.1) is 6.61 Å². The number of benzene rings is 1.